The average Bonchev–Trinajstić information content (AvgIpc) is 2.71. The summed E-state index contributed by atoms with van der Waals surface area (Å²) in [6.07, 6.45) is 3.39. The van der Waals surface area contributed by atoms with E-state index >= 15 is 0 Å². The molecule has 0 fully saturated rings. The van der Waals surface area contributed by atoms with Gasteiger partial charge in [-0.1, -0.05) is 69.2 Å². The van der Waals surface area contributed by atoms with E-state index in [0.29, 0.717) is 5.25 Å². The molecule has 0 heterocycles. The van der Waals surface area contributed by atoms with E-state index in [2.05, 4.69) is 0 Å². The van der Waals surface area contributed by atoms with Crippen LogP contribution >= 0.6 is 0 Å². The highest BCUT2D eigenvalue weighted by Gasteiger charge is 2.11. The van der Waals surface area contributed by atoms with E-state index < -0.39 is 42.2 Å². The fourth-order valence-corrected chi connectivity index (χ4v) is 2.00. The summed E-state index contributed by atoms with van der Waals surface area (Å²) in [5.74, 6) is 2.60. The van der Waals surface area contributed by atoms with Gasteiger partial charge in [0.2, 0.25) is 0 Å². The van der Waals surface area contributed by atoms with Crippen molar-refractivity contribution in [3.05, 3.63) is 0 Å². The summed E-state index contributed by atoms with van der Waals surface area (Å²) in [6, 6.07) is 0. The van der Waals surface area contributed by atoms with Gasteiger partial charge in [-0.05, 0) is 13.8 Å². The van der Waals surface area contributed by atoms with Crippen LogP contribution in [0.3, 0.4) is 0 Å². The van der Waals surface area contributed by atoms with Gasteiger partial charge < -0.3 is 0 Å². The normalized spacial score (nSPS) is 12.6. The van der Waals surface area contributed by atoms with Crippen molar-refractivity contribution in [2.75, 3.05) is 35.5 Å². The molecule has 0 saturated carbocycles. The molecule has 0 N–H and O–H groups in total. The Morgan fingerprint density at radius 2 is 0.897 bits per heavy atom. The lowest BCUT2D eigenvalue weighted by Crippen LogP contribution is -2.15. The summed E-state index contributed by atoms with van der Waals surface area (Å²) in [4.78, 5) is 0. The van der Waals surface area contributed by atoms with Gasteiger partial charge in [-0.15, -0.1) is 0 Å². The minimum absolute atomic E-state index is 0.215. The van der Waals surface area contributed by atoms with Gasteiger partial charge in [0.05, 0.1) is 5.25 Å². The summed E-state index contributed by atoms with van der Waals surface area (Å²) in [6.45, 7) is 22.7. The standard InChI is InChI=1S/C5H12O2S.C5H12OS.2C3H8OS.2C2H6/c1-4-8(6,7)5(2)3;1-4-7(6)5(2)3;2*1-3-5(2)4;2*1-2/h5H,4H2,1-3H3;5H,4H2,1-3H3;2*3H2,1-2H3;2*1-2H3/t;;2*5-;;/m..10../s1. The molecule has 0 aliphatic rings. The van der Waals surface area contributed by atoms with Gasteiger partial charge >= 0.3 is 0 Å². The molecule has 0 radical (unpaired) electrons. The number of rotatable bonds is 6. The molecule has 0 spiro atoms. The smallest absolute Gasteiger partial charge is 0.152 e. The molecule has 1 unspecified atom stereocenters. The highest BCUT2D eigenvalue weighted by atomic mass is 32.2. The average molecular weight is 501 g/mol. The SMILES string of the molecule is CC.CC.CCS(=O)(=O)C(C)C.CCS(=O)C(C)C.CC[S@@](C)=O.CC[S@](C)=O. The third-order valence-electron chi connectivity index (χ3n) is 2.74. The van der Waals surface area contributed by atoms with Gasteiger partial charge in [-0.25, -0.2) is 8.42 Å². The van der Waals surface area contributed by atoms with Crippen LogP contribution in [0.1, 0.15) is 83.1 Å². The lowest BCUT2D eigenvalue weighted by molar-refractivity contribution is 0.588. The molecule has 0 rings (SSSR count). The number of sulfone groups is 1. The second-order valence-electron chi connectivity index (χ2n) is 5.44. The summed E-state index contributed by atoms with van der Waals surface area (Å²) < 4.78 is 51.9. The zero-order valence-electron chi connectivity index (χ0n) is 21.7. The van der Waals surface area contributed by atoms with Crippen molar-refractivity contribution in [2.45, 2.75) is 93.6 Å². The summed E-state index contributed by atoms with van der Waals surface area (Å²) in [5.41, 5.74) is 0. The molecule has 3 atom stereocenters. The first-order valence-corrected chi connectivity index (χ1v) is 17.0. The van der Waals surface area contributed by atoms with Gasteiger partial charge in [0.25, 0.3) is 0 Å². The minimum Gasteiger partial charge on any atom is -0.260 e. The van der Waals surface area contributed by atoms with Crippen molar-refractivity contribution in [3.63, 3.8) is 0 Å². The zero-order valence-corrected chi connectivity index (χ0v) is 24.9. The Morgan fingerprint density at radius 1 is 0.655 bits per heavy atom. The summed E-state index contributed by atoms with van der Waals surface area (Å²) in [5, 5.41) is 0.123. The molecule has 0 aliphatic carbocycles. The van der Waals surface area contributed by atoms with E-state index in [9.17, 15) is 21.0 Å². The predicted molar refractivity (Wildman–Crippen MR) is 140 cm³/mol. The van der Waals surface area contributed by atoms with Gasteiger partial charge in [0.15, 0.2) is 9.84 Å². The maximum absolute atomic E-state index is 10.7. The molecule has 0 saturated heterocycles. The lowest BCUT2D eigenvalue weighted by Gasteiger charge is -2.01. The van der Waals surface area contributed by atoms with E-state index in [1.807, 2.05) is 62.3 Å². The zero-order chi connectivity index (χ0) is 25.2. The fraction of sp³-hybridized carbons (Fsp3) is 1.00. The van der Waals surface area contributed by atoms with E-state index in [4.69, 9.17) is 0 Å². The van der Waals surface area contributed by atoms with E-state index in [-0.39, 0.29) is 11.0 Å². The van der Waals surface area contributed by atoms with E-state index in [1.165, 1.54) is 0 Å². The van der Waals surface area contributed by atoms with Crippen LogP contribution in [-0.4, -0.2) is 67.1 Å². The van der Waals surface area contributed by atoms with Crippen molar-refractivity contribution < 1.29 is 21.0 Å². The monoisotopic (exact) mass is 500 g/mol. The van der Waals surface area contributed by atoms with Gasteiger partial charge in [-0.2, -0.15) is 0 Å². The van der Waals surface area contributed by atoms with Crippen LogP contribution in [0.15, 0.2) is 0 Å². The maximum atomic E-state index is 10.7. The van der Waals surface area contributed by atoms with Gasteiger partial charge in [-0.3, -0.25) is 12.6 Å². The molecular weight excluding hydrogens is 448 g/mol. The third kappa shape index (κ3) is 52.6. The molecule has 0 aliphatic heterocycles. The molecule has 0 aromatic rings. The summed E-state index contributed by atoms with van der Waals surface area (Å²) >= 11 is 0. The molecule has 0 amide bonds. The fourth-order valence-electron chi connectivity index (χ4n) is 0.667. The van der Waals surface area contributed by atoms with Crippen molar-refractivity contribution in [2.24, 2.45) is 0 Å². The van der Waals surface area contributed by atoms with Crippen LogP contribution in [0.5, 0.6) is 0 Å². The Morgan fingerprint density at radius 3 is 0.897 bits per heavy atom. The van der Waals surface area contributed by atoms with Gasteiger partial charge in [0.1, 0.15) is 0 Å². The van der Waals surface area contributed by atoms with E-state index in [1.54, 1.807) is 33.3 Å². The van der Waals surface area contributed by atoms with Crippen molar-refractivity contribution in [3.8, 4) is 0 Å². The Bertz CT molecular complexity index is 445. The van der Waals surface area contributed by atoms with Crippen molar-refractivity contribution in [1.29, 1.82) is 0 Å². The van der Waals surface area contributed by atoms with Crippen LogP contribution in [0.2, 0.25) is 0 Å². The first-order valence-electron chi connectivity index (χ1n) is 10.4. The van der Waals surface area contributed by atoms with Crippen molar-refractivity contribution in [1.82, 2.24) is 0 Å². The second-order valence-corrected chi connectivity index (χ2v) is 14.0. The molecule has 29 heavy (non-hydrogen) atoms. The highest BCUT2D eigenvalue weighted by molar-refractivity contribution is 7.91. The van der Waals surface area contributed by atoms with Crippen LogP contribution < -0.4 is 0 Å². The van der Waals surface area contributed by atoms with Crippen molar-refractivity contribution >= 4 is 42.2 Å². The molecule has 0 bridgehead atoms. The quantitative estimate of drug-likeness (QED) is 0.522. The highest BCUT2D eigenvalue weighted by Crippen LogP contribution is 1.98. The topological polar surface area (TPSA) is 85.3 Å². The molecule has 5 nitrogen and oxygen atoms in total. The lowest BCUT2D eigenvalue weighted by atomic mass is 10.6. The first-order chi connectivity index (χ1) is 13.2. The molecule has 9 heteroatoms. The van der Waals surface area contributed by atoms with Crippen LogP contribution in [0.4, 0.5) is 0 Å². The van der Waals surface area contributed by atoms with Crippen LogP contribution in [0.25, 0.3) is 0 Å². The molecule has 186 valence electrons. The Kier molecular flexibility index (Phi) is 49.4. The molecular formula is C20H52O5S4. The molecule has 0 aromatic carbocycles. The maximum Gasteiger partial charge on any atom is 0.152 e. The summed E-state index contributed by atoms with van der Waals surface area (Å²) in [7, 11) is -4.46. The minimum atomic E-state index is -2.74. The Hall–Kier alpha value is 0.400. The molecule has 0 aromatic heterocycles. The Balaban J connectivity index is -0.0000000583. The number of hydrogen-bond acceptors (Lipinski definition) is 5. The second kappa shape index (κ2) is 33.0. The third-order valence-corrected chi connectivity index (χ3v) is 8.23. The van der Waals surface area contributed by atoms with E-state index in [0.717, 1.165) is 17.3 Å². The number of hydrogen-bond donors (Lipinski definition) is 0. The first kappa shape index (κ1) is 43.3. The van der Waals surface area contributed by atoms with Gasteiger partial charge in [0, 0.05) is 73.2 Å². The largest absolute Gasteiger partial charge is 0.260 e. The van der Waals surface area contributed by atoms with Crippen LogP contribution in [-0.2, 0) is 42.2 Å². The van der Waals surface area contributed by atoms with Crippen LogP contribution in [0, 0.1) is 0 Å². The Labute approximate surface area is 191 Å². The predicted octanol–water partition coefficient (Wildman–Crippen LogP) is 4.81.